The predicted octanol–water partition coefficient (Wildman–Crippen LogP) is 1.66. The highest BCUT2D eigenvalue weighted by Crippen LogP contribution is 2.20. The van der Waals surface area contributed by atoms with Crippen molar-refractivity contribution in [1.82, 2.24) is 14.5 Å². The first-order chi connectivity index (χ1) is 13.0. The van der Waals surface area contributed by atoms with Gasteiger partial charge in [0, 0.05) is 25.9 Å². The van der Waals surface area contributed by atoms with Gasteiger partial charge in [-0.2, -0.15) is 0 Å². The number of hydrogen-bond acceptors (Lipinski definition) is 4. The molecular formula is C20H19N3O4. The van der Waals surface area contributed by atoms with Gasteiger partial charge in [0.05, 0.1) is 0 Å². The van der Waals surface area contributed by atoms with Crippen molar-refractivity contribution in [3.05, 3.63) is 93.3 Å². The normalized spacial score (nSPS) is 10.4. The van der Waals surface area contributed by atoms with Gasteiger partial charge in [-0.05, 0) is 29.8 Å². The van der Waals surface area contributed by atoms with E-state index in [1.54, 1.807) is 0 Å². The largest absolute Gasteiger partial charge is 0.457 e. The third-order valence-electron chi connectivity index (χ3n) is 3.97. The van der Waals surface area contributed by atoms with Gasteiger partial charge < -0.3 is 10.1 Å². The molecule has 0 saturated carbocycles. The molecule has 7 heteroatoms. The molecule has 2 aromatic carbocycles. The Bertz CT molecular complexity index is 1040. The summed E-state index contributed by atoms with van der Waals surface area (Å²) in [5.74, 6) is 1.13. The number of nitrogens with zero attached hydrogens (tertiary/aromatic N) is 2. The van der Waals surface area contributed by atoms with E-state index in [1.807, 2.05) is 54.6 Å². The molecule has 1 aromatic heterocycles. The lowest BCUT2D eigenvalue weighted by atomic mass is 10.2. The minimum absolute atomic E-state index is 0.151. The molecule has 0 saturated heterocycles. The number of carbonyl (C=O) groups is 1. The molecule has 0 fully saturated rings. The molecule has 138 valence electrons. The van der Waals surface area contributed by atoms with Crippen LogP contribution in [0.1, 0.15) is 5.56 Å². The van der Waals surface area contributed by atoms with E-state index in [-0.39, 0.29) is 12.5 Å². The standard InChI is InChI=1S/C20H19N3O4/c1-22-19(25)11-12-23(20(22)26)14-18(24)21-13-15-7-9-17(10-8-15)27-16-5-3-2-4-6-16/h2-12H,13-14H2,1H3,(H,21,24). The van der Waals surface area contributed by atoms with E-state index in [0.717, 1.165) is 15.9 Å². The fourth-order valence-corrected chi connectivity index (χ4v) is 2.45. The van der Waals surface area contributed by atoms with Crippen LogP contribution >= 0.6 is 0 Å². The molecule has 7 nitrogen and oxygen atoms in total. The smallest absolute Gasteiger partial charge is 0.331 e. The number of rotatable bonds is 6. The second kappa shape index (κ2) is 8.18. The second-order valence-electron chi connectivity index (χ2n) is 5.96. The molecule has 0 atom stereocenters. The Balaban J connectivity index is 1.55. The van der Waals surface area contributed by atoms with Crippen LogP contribution in [0.5, 0.6) is 11.5 Å². The molecule has 0 aliphatic carbocycles. The van der Waals surface area contributed by atoms with Crippen LogP contribution in [0.3, 0.4) is 0 Å². The van der Waals surface area contributed by atoms with Crippen molar-refractivity contribution in [3.63, 3.8) is 0 Å². The zero-order valence-corrected chi connectivity index (χ0v) is 14.8. The third-order valence-corrected chi connectivity index (χ3v) is 3.97. The van der Waals surface area contributed by atoms with Gasteiger partial charge in [-0.3, -0.25) is 18.7 Å². The summed E-state index contributed by atoms with van der Waals surface area (Å²) in [5.41, 5.74) is -0.0360. The van der Waals surface area contributed by atoms with Crippen LogP contribution in [0.2, 0.25) is 0 Å². The summed E-state index contributed by atoms with van der Waals surface area (Å²) in [5, 5.41) is 2.75. The monoisotopic (exact) mass is 365 g/mol. The SMILES string of the molecule is Cn1c(=O)ccn(CC(=O)NCc2ccc(Oc3ccccc3)cc2)c1=O. The van der Waals surface area contributed by atoms with E-state index in [4.69, 9.17) is 4.74 Å². The van der Waals surface area contributed by atoms with E-state index >= 15 is 0 Å². The van der Waals surface area contributed by atoms with Gasteiger partial charge in [-0.15, -0.1) is 0 Å². The minimum atomic E-state index is -0.528. The van der Waals surface area contributed by atoms with E-state index in [1.165, 1.54) is 23.9 Å². The lowest BCUT2D eigenvalue weighted by molar-refractivity contribution is -0.121. The van der Waals surface area contributed by atoms with E-state index in [0.29, 0.717) is 12.3 Å². The topological polar surface area (TPSA) is 82.3 Å². The van der Waals surface area contributed by atoms with Crippen molar-refractivity contribution in [2.75, 3.05) is 0 Å². The third kappa shape index (κ3) is 4.72. The van der Waals surface area contributed by atoms with Crippen LogP contribution in [0.4, 0.5) is 0 Å². The number of ether oxygens (including phenoxy) is 1. The summed E-state index contributed by atoms with van der Waals surface area (Å²) in [6, 6.07) is 18.1. The number of amides is 1. The van der Waals surface area contributed by atoms with Crippen molar-refractivity contribution < 1.29 is 9.53 Å². The van der Waals surface area contributed by atoms with Crippen molar-refractivity contribution in [2.45, 2.75) is 13.1 Å². The van der Waals surface area contributed by atoms with Crippen molar-refractivity contribution >= 4 is 5.91 Å². The highest BCUT2D eigenvalue weighted by Gasteiger charge is 2.07. The van der Waals surface area contributed by atoms with E-state index in [2.05, 4.69) is 5.32 Å². The highest BCUT2D eigenvalue weighted by atomic mass is 16.5. The molecule has 3 aromatic rings. The number of hydrogen-bond donors (Lipinski definition) is 1. The average molecular weight is 365 g/mol. The van der Waals surface area contributed by atoms with Crippen LogP contribution < -0.4 is 21.3 Å². The summed E-state index contributed by atoms with van der Waals surface area (Å²) in [6.07, 6.45) is 1.32. The van der Waals surface area contributed by atoms with Crippen LogP contribution in [-0.4, -0.2) is 15.0 Å². The maximum absolute atomic E-state index is 12.1. The van der Waals surface area contributed by atoms with Gasteiger partial charge in [-0.25, -0.2) is 4.79 Å². The van der Waals surface area contributed by atoms with Crippen molar-refractivity contribution in [2.24, 2.45) is 7.05 Å². The Labute approximate surface area is 155 Å². The Morgan fingerprint density at radius 3 is 2.33 bits per heavy atom. The highest BCUT2D eigenvalue weighted by molar-refractivity contribution is 5.75. The maximum Gasteiger partial charge on any atom is 0.331 e. The first-order valence-electron chi connectivity index (χ1n) is 8.38. The van der Waals surface area contributed by atoms with Gasteiger partial charge in [0.2, 0.25) is 5.91 Å². The summed E-state index contributed by atoms with van der Waals surface area (Å²) in [7, 11) is 1.37. The molecule has 0 bridgehead atoms. The minimum Gasteiger partial charge on any atom is -0.457 e. The van der Waals surface area contributed by atoms with Gasteiger partial charge >= 0.3 is 5.69 Å². The Hall–Kier alpha value is -3.61. The zero-order chi connectivity index (χ0) is 19.2. The molecule has 0 spiro atoms. The zero-order valence-electron chi connectivity index (χ0n) is 14.8. The van der Waals surface area contributed by atoms with Gasteiger partial charge in [0.15, 0.2) is 0 Å². The molecule has 0 aliphatic rings. The van der Waals surface area contributed by atoms with Crippen LogP contribution in [0.25, 0.3) is 0 Å². The number of para-hydroxylation sites is 1. The summed E-state index contributed by atoms with van der Waals surface area (Å²) in [4.78, 5) is 35.3. The summed E-state index contributed by atoms with van der Waals surface area (Å²) >= 11 is 0. The van der Waals surface area contributed by atoms with Gasteiger partial charge in [-0.1, -0.05) is 30.3 Å². The molecule has 0 unspecified atom stereocenters. The molecule has 27 heavy (non-hydrogen) atoms. The quantitative estimate of drug-likeness (QED) is 0.720. The molecule has 0 aliphatic heterocycles. The predicted molar refractivity (Wildman–Crippen MR) is 101 cm³/mol. The Morgan fingerprint density at radius 2 is 1.63 bits per heavy atom. The molecule has 1 amide bonds. The van der Waals surface area contributed by atoms with E-state index in [9.17, 15) is 14.4 Å². The molecular weight excluding hydrogens is 346 g/mol. The molecule has 0 radical (unpaired) electrons. The second-order valence-corrected chi connectivity index (χ2v) is 5.96. The molecule has 3 rings (SSSR count). The number of benzene rings is 2. The van der Waals surface area contributed by atoms with Gasteiger partial charge in [0.25, 0.3) is 5.56 Å². The van der Waals surface area contributed by atoms with Crippen LogP contribution in [-0.2, 0) is 24.9 Å². The molecule has 1 N–H and O–H groups in total. The maximum atomic E-state index is 12.1. The van der Waals surface area contributed by atoms with Crippen molar-refractivity contribution in [1.29, 1.82) is 0 Å². The first kappa shape index (κ1) is 18.2. The van der Waals surface area contributed by atoms with Crippen molar-refractivity contribution in [3.8, 4) is 11.5 Å². The summed E-state index contributed by atoms with van der Waals surface area (Å²) < 4.78 is 7.86. The van der Waals surface area contributed by atoms with Crippen LogP contribution in [0.15, 0.2) is 76.4 Å². The number of nitrogens with one attached hydrogen (secondary N) is 1. The molecule has 1 heterocycles. The summed E-state index contributed by atoms with van der Waals surface area (Å²) in [6.45, 7) is 0.174. The number of aromatic nitrogens is 2. The average Bonchev–Trinajstić information content (AvgIpc) is 2.69. The lowest BCUT2D eigenvalue weighted by Gasteiger charge is -2.09. The fraction of sp³-hybridized carbons (Fsp3) is 0.150. The fourth-order valence-electron chi connectivity index (χ4n) is 2.45. The van der Waals surface area contributed by atoms with Crippen LogP contribution in [0, 0.1) is 0 Å². The first-order valence-corrected chi connectivity index (χ1v) is 8.38. The Morgan fingerprint density at radius 1 is 0.963 bits per heavy atom. The number of carbonyl (C=O) groups excluding carboxylic acids is 1. The Kier molecular flexibility index (Phi) is 5.51. The lowest BCUT2D eigenvalue weighted by Crippen LogP contribution is -2.40. The van der Waals surface area contributed by atoms with E-state index < -0.39 is 11.2 Å². The van der Waals surface area contributed by atoms with Gasteiger partial charge in [0.1, 0.15) is 18.0 Å².